The zero-order chi connectivity index (χ0) is 14.8. The molecular weight excluding hydrogens is 263 g/mol. The van der Waals surface area contributed by atoms with Gasteiger partial charge < -0.3 is 0 Å². The third-order valence-corrected chi connectivity index (χ3v) is 3.78. The standard InChI is InChI=1S/C19H15FO/c1-13-6-2-3-7-14(13)12-19(21)17-10-11-18(20)16-9-5-4-8-15(16)17/h2-11H,12H2,1H3. The van der Waals surface area contributed by atoms with Gasteiger partial charge in [0.1, 0.15) is 5.82 Å². The highest BCUT2D eigenvalue weighted by atomic mass is 19.1. The van der Waals surface area contributed by atoms with Crippen molar-refractivity contribution in [2.45, 2.75) is 13.3 Å². The maximum Gasteiger partial charge on any atom is 0.167 e. The van der Waals surface area contributed by atoms with Crippen LogP contribution in [0.25, 0.3) is 10.8 Å². The summed E-state index contributed by atoms with van der Waals surface area (Å²) >= 11 is 0. The summed E-state index contributed by atoms with van der Waals surface area (Å²) in [5, 5.41) is 1.17. The Kier molecular flexibility index (Phi) is 3.53. The zero-order valence-corrected chi connectivity index (χ0v) is 11.8. The molecule has 3 rings (SSSR count). The van der Waals surface area contributed by atoms with E-state index in [-0.39, 0.29) is 11.6 Å². The first-order valence-corrected chi connectivity index (χ1v) is 6.92. The van der Waals surface area contributed by atoms with Crippen molar-refractivity contribution in [3.63, 3.8) is 0 Å². The van der Waals surface area contributed by atoms with Gasteiger partial charge in [-0.05, 0) is 35.6 Å². The number of halogens is 1. The molecular formula is C19H15FO. The zero-order valence-electron chi connectivity index (χ0n) is 11.8. The third-order valence-electron chi connectivity index (χ3n) is 3.78. The molecule has 0 spiro atoms. The number of aryl methyl sites for hydroxylation is 1. The van der Waals surface area contributed by atoms with Crippen LogP contribution >= 0.6 is 0 Å². The van der Waals surface area contributed by atoms with Crippen LogP contribution in [0.5, 0.6) is 0 Å². The van der Waals surface area contributed by atoms with Crippen LogP contribution in [-0.2, 0) is 6.42 Å². The van der Waals surface area contributed by atoms with E-state index in [2.05, 4.69) is 0 Å². The lowest BCUT2D eigenvalue weighted by Gasteiger charge is -2.08. The second-order valence-electron chi connectivity index (χ2n) is 5.17. The lowest BCUT2D eigenvalue weighted by atomic mass is 9.95. The lowest BCUT2D eigenvalue weighted by molar-refractivity contribution is 0.0994. The molecule has 0 aliphatic rings. The molecule has 21 heavy (non-hydrogen) atoms. The van der Waals surface area contributed by atoms with Crippen LogP contribution in [0.3, 0.4) is 0 Å². The third kappa shape index (κ3) is 2.57. The van der Waals surface area contributed by atoms with E-state index in [4.69, 9.17) is 0 Å². The first-order chi connectivity index (χ1) is 10.2. The van der Waals surface area contributed by atoms with Gasteiger partial charge in [-0.15, -0.1) is 0 Å². The van der Waals surface area contributed by atoms with Crippen molar-refractivity contribution in [2.75, 3.05) is 0 Å². The maximum atomic E-state index is 13.8. The van der Waals surface area contributed by atoms with E-state index in [9.17, 15) is 9.18 Å². The average Bonchev–Trinajstić information content (AvgIpc) is 2.50. The van der Waals surface area contributed by atoms with E-state index in [0.717, 1.165) is 11.1 Å². The molecule has 0 amide bonds. The predicted molar refractivity (Wildman–Crippen MR) is 83.1 cm³/mol. The van der Waals surface area contributed by atoms with Crippen molar-refractivity contribution in [1.29, 1.82) is 0 Å². The number of carbonyl (C=O) groups excluding carboxylic acids is 1. The van der Waals surface area contributed by atoms with Crippen LogP contribution in [0.15, 0.2) is 60.7 Å². The molecule has 3 aromatic rings. The van der Waals surface area contributed by atoms with E-state index in [0.29, 0.717) is 22.8 Å². The Labute approximate surface area is 123 Å². The minimum Gasteiger partial charge on any atom is -0.294 e. The fourth-order valence-electron chi connectivity index (χ4n) is 2.58. The number of benzene rings is 3. The number of carbonyl (C=O) groups is 1. The topological polar surface area (TPSA) is 17.1 Å². The quantitative estimate of drug-likeness (QED) is 0.634. The molecule has 0 aliphatic carbocycles. The van der Waals surface area contributed by atoms with Gasteiger partial charge in [0.15, 0.2) is 5.78 Å². The number of ketones is 1. The molecule has 0 heterocycles. The van der Waals surface area contributed by atoms with Crippen LogP contribution in [-0.4, -0.2) is 5.78 Å². The number of fused-ring (bicyclic) bond motifs is 1. The summed E-state index contributed by atoms with van der Waals surface area (Å²) in [5.74, 6) is -0.279. The molecule has 0 bridgehead atoms. The summed E-state index contributed by atoms with van der Waals surface area (Å²) < 4.78 is 13.8. The van der Waals surface area contributed by atoms with Crippen LogP contribution in [0.4, 0.5) is 4.39 Å². The lowest BCUT2D eigenvalue weighted by Crippen LogP contribution is -2.06. The average molecular weight is 278 g/mol. The Bertz CT molecular complexity index is 821. The van der Waals surface area contributed by atoms with E-state index in [1.54, 1.807) is 24.3 Å². The summed E-state index contributed by atoms with van der Waals surface area (Å²) in [6.45, 7) is 1.99. The van der Waals surface area contributed by atoms with Gasteiger partial charge in [0, 0.05) is 17.4 Å². The monoisotopic (exact) mass is 278 g/mol. The number of Topliss-reactive ketones (excluding diaryl/α,β-unsaturated/α-hetero) is 1. The minimum atomic E-state index is -0.293. The largest absolute Gasteiger partial charge is 0.294 e. The Morgan fingerprint density at radius 2 is 1.57 bits per heavy atom. The first kappa shape index (κ1) is 13.5. The maximum absolute atomic E-state index is 13.8. The normalized spacial score (nSPS) is 10.8. The summed E-state index contributed by atoms with van der Waals surface area (Å²) in [7, 11) is 0. The Morgan fingerprint density at radius 3 is 2.33 bits per heavy atom. The molecule has 0 saturated carbocycles. The van der Waals surface area contributed by atoms with Crippen molar-refractivity contribution in [1.82, 2.24) is 0 Å². The molecule has 0 N–H and O–H groups in total. The Hall–Kier alpha value is -2.48. The Balaban J connectivity index is 2.03. The van der Waals surface area contributed by atoms with Gasteiger partial charge in [-0.1, -0.05) is 48.5 Å². The van der Waals surface area contributed by atoms with Crippen molar-refractivity contribution in [2.24, 2.45) is 0 Å². The smallest absolute Gasteiger partial charge is 0.167 e. The molecule has 0 aliphatic heterocycles. The molecule has 2 heteroatoms. The molecule has 0 unspecified atom stereocenters. The van der Waals surface area contributed by atoms with Crippen LogP contribution in [0.1, 0.15) is 21.5 Å². The Morgan fingerprint density at radius 1 is 0.905 bits per heavy atom. The fourth-order valence-corrected chi connectivity index (χ4v) is 2.58. The molecule has 0 fully saturated rings. The summed E-state index contributed by atoms with van der Waals surface area (Å²) in [4.78, 5) is 12.6. The summed E-state index contributed by atoms with van der Waals surface area (Å²) in [6, 6.07) is 17.9. The van der Waals surface area contributed by atoms with Crippen LogP contribution in [0.2, 0.25) is 0 Å². The second-order valence-corrected chi connectivity index (χ2v) is 5.17. The van der Waals surface area contributed by atoms with Gasteiger partial charge in [-0.3, -0.25) is 4.79 Å². The molecule has 0 radical (unpaired) electrons. The number of hydrogen-bond donors (Lipinski definition) is 0. The second kappa shape index (κ2) is 5.49. The van der Waals surface area contributed by atoms with E-state index < -0.39 is 0 Å². The molecule has 0 aromatic heterocycles. The van der Waals surface area contributed by atoms with Gasteiger partial charge in [0.05, 0.1) is 0 Å². The molecule has 0 atom stereocenters. The highest BCUT2D eigenvalue weighted by molar-refractivity contribution is 6.09. The van der Waals surface area contributed by atoms with E-state index in [1.165, 1.54) is 6.07 Å². The summed E-state index contributed by atoms with van der Waals surface area (Å²) in [5.41, 5.74) is 2.68. The number of hydrogen-bond acceptors (Lipinski definition) is 1. The fraction of sp³-hybridized carbons (Fsp3) is 0.105. The molecule has 1 nitrogen and oxygen atoms in total. The predicted octanol–water partition coefficient (Wildman–Crippen LogP) is 4.71. The first-order valence-electron chi connectivity index (χ1n) is 6.92. The SMILES string of the molecule is Cc1ccccc1CC(=O)c1ccc(F)c2ccccc12. The molecule has 0 saturated heterocycles. The highest BCUT2D eigenvalue weighted by Gasteiger charge is 2.13. The number of rotatable bonds is 3. The van der Waals surface area contributed by atoms with Gasteiger partial charge >= 0.3 is 0 Å². The van der Waals surface area contributed by atoms with Gasteiger partial charge in [-0.25, -0.2) is 4.39 Å². The van der Waals surface area contributed by atoms with Gasteiger partial charge in [0.2, 0.25) is 0 Å². The van der Waals surface area contributed by atoms with E-state index in [1.807, 2.05) is 37.3 Å². The molecule has 3 aromatic carbocycles. The van der Waals surface area contributed by atoms with Crippen molar-refractivity contribution in [3.8, 4) is 0 Å². The summed E-state index contributed by atoms with van der Waals surface area (Å²) in [6.07, 6.45) is 0.336. The van der Waals surface area contributed by atoms with Crippen LogP contribution < -0.4 is 0 Å². The highest BCUT2D eigenvalue weighted by Crippen LogP contribution is 2.23. The van der Waals surface area contributed by atoms with Crippen LogP contribution in [0, 0.1) is 12.7 Å². The van der Waals surface area contributed by atoms with Gasteiger partial charge in [0.25, 0.3) is 0 Å². The van der Waals surface area contributed by atoms with Crippen molar-refractivity contribution < 1.29 is 9.18 Å². The van der Waals surface area contributed by atoms with Crippen molar-refractivity contribution in [3.05, 3.63) is 83.2 Å². The minimum absolute atomic E-state index is 0.0144. The van der Waals surface area contributed by atoms with E-state index >= 15 is 0 Å². The van der Waals surface area contributed by atoms with Gasteiger partial charge in [-0.2, -0.15) is 0 Å². The molecule has 104 valence electrons. The van der Waals surface area contributed by atoms with Crippen molar-refractivity contribution >= 4 is 16.6 Å².